The van der Waals surface area contributed by atoms with Crippen LogP contribution in [0.1, 0.15) is 37.9 Å². The van der Waals surface area contributed by atoms with Crippen LogP contribution in [0.3, 0.4) is 0 Å². The topological polar surface area (TPSA) is 138 Å². The van der Waals surface area contributed by atoms with E-state index in [0.29, 0.717) is 22.7 Å². The zero-order chi connectivity index (χ0) is 24.6. The average molecular weight is 497 g/mol. The van der Waals surface area contributed by atoms with E-state index < -0.39 is 15.3 Å². The molecular formula is C23H24N6O3S2. The van der Waals surface area contributed by atoms with Crippen LogP contribution in [0.5, 0.6) is 0 Å². The number of thioether (sulfide) groups is 1. The van der Waals surface area contributed by atoms with Gasteiger partial charge >= 0.3 is 0 Å². The van der Waals surface area contributed by atoms with E-state index in [2.05, 4.69) is 38.0 Å². The Bertz CT molecular complexity index is 1280. The fraction of sp³-hybridized carbons (Fsp3) is 0.261. The Kier molecular flexibility index (Phi) is 8.56. The van der Waals surface area contributed by atoms with Gasteiger partial charge in [-0.2, -0.15) is 5.26 Å². The molecule has 0 spiro atoms. The molecule has 1 aromatic carbocycles. The van der Waals surface area contributed by atoms with Crippen molar-refractivity contribution in [2.24, 2.45) is 0 Å². The van der Waals surface area contributed by atoms with Crippen LogP contribution in [0, 0.1) is 11.3 Å². The van der Waals surface area contributed by atoms with Crippen molar-refractivity contribution in [3.05, 3.63) is 66.1 Å². The molecule has 2 heterocycles. The molecule has 0 fully saturated rings. The lowest BCUT2D eigenvalue weighted by Crippen LogP contribution is -2.25. The van der Waals surface area contributed by atoms with Crippen LogP contribution in [0.15, 0.2) is 64.8 Å². The van der Waals surface area contributed by atoms with E-state index in [1.807, 2.05) is 13.0 Å². The highest BCUT2D eigenvalue weighted by Gasteiger charge is 2.22. The van der Waals surface area contributed by atoms with E-state index in [9.17, 15) is 18.5 Å². The molecule has 1 unspecified atom stereocenters. The molecule has 11 heteroatoms. The zero-order valence-electron chi connectivity index (χ0n) is 18.7. The molecule has 176 valence electrons. The molecule has 0 saturated carbocycles. The lowest BCUT2D eigenvalue weighted by atomic mass is 10.2. The van der Waals surface area contributed by atoms with Crippen molar-refractivity contribution in [1.82, 2.24) is 15.0 Å². The maximum absolute atomic E-state index is 12.9. The van der Waals surface area contributed by atoms with Gasteiger partial charge in [-0.15, -0.1) is 0 Å². The lowest BCUT2D eigenvalue weighted by Gasteiger charge is -2.16. The third-order valence-electron chi connectivity index (χ3n) is 4.69. The molecule has 0 aliphatic rings. The Labute approximate surface area is 203 Å². The summed E-state index contributed by atoms with van der Waals surface area (Å²) in [7, 11) is -3.87. The normalized spacial score (nSPS) is 11.9. The number of rotatable bonds is 10. The van der Waals surface area contributed by atoms with Gasteiger partial charge in [0.1, 0.15) is 11.1 Å². The summed E-state index contributed by atoms with van der Waals surface area (Å²) in [6, 6.07) is 13.1. The highest BCUT2D eigenvalue weighted by Crippen LogP contribution is 2.28. The number of carbonyl (C=O) groups excluding carboxylic acids is 1. The van der Waals surface area contributed by atoms with E-state index in [1.165, 1.54) is 48.4 Å². The second-order valence-electron chi connectivity index (χ2n) is 7.22. The van der Waals surface area contributed by atoms with Crippen molar-refractivity contribution in [3.63, 3.8) is 0 Å². The Morgan fingerprint density at radius 1 is 1.12 bits per heavy atom. The predicted octanol–water partition coefficient (Wildman–Crippen LogP) is 4.01. The number of nitrogens with zero attached hydrogens (tertiary/aromatic N) is 4. The van der Waals surface area contributed by atoms with Crippen LogP contribution in [-0.2, 0) is 21.2 Å². The number of hydrogen-bond donors (Lipinski definition) is 2. The first-order valence-corrected chi connectivity index (χ1v) is 13.0. The van der Waals surface area contributed by atoms with Crippen molar-refractivity contribution in [2.45, 2.75) is 48.3 Å². The van der Waals surface area contributed by atoms with Gasteiger partial charge in [-0.1, -0.05) is 32.0 Å². The number of nitriles is 1. The number of sulfonamides is 1. The Hall–Kier alpha value is -3.49. The summed E-state index contributed by atoms with van der Waals surface area (Å²) in [5, 5.41) is 12.3. The van der Waals surface area contributed by atoms with E-state index in [1.54, 1.807) is 12.1 Å². The molecule has 0 bridgehead atoms. The SMILES string of the molecule is CCCc1ccc(C#N)c(SC(CC)C(=O)Nc2ccc(S(=O)(=O)Nc3ncccn3)cc2)n1. The number of amides is 1. The van der Waals surface area contributed by atoms with Crippen molar-refractivity contribution < 1.29 is 13.2 Å². The number of carbonyl (C=O) groups is 1. The lowest BCUT2D eigenvalue weighted by molar-refractivity contribution is -0.115. The molecule has 3 aromatic rings. The summed E-state index contributed by atoms with van der Waals surface area (Å²) in [5.74, 6) is -0.290. The summed E-state index contributed by atoms with van der Waals surface area (Å²) < 4.78 is 27.3. The average Bonchev–Trinajstić information content (AvgIpc) is 2.83. The maximum Gasteiger partial charge on any atom is 0.264 e. The molecule has 0 aliphatic carbocycles. The van der Waals surface area contributed by atoms with Gasteiger partial charge in [-0.05, 0) is 55.3 Å². The molecule has 1 atom stereocenters. The summed E-state index contributed by atoms with van der Waals surface area (Å²) in [6.45, 7) is 3.93. The van der Waals surface area contributed by atoms with Gasteiger partial charge in [0.2, 0.25) is 11.9 Å². The van der Waals surface area contributed by atoms with Crippen molar-refractivity contribution in [1.29, 1.82) is 5.26 Å². The van der Waals surface area contributed by atoms with Crippen LogP contribution in [-0.4, -0.2) is 34.5 Å². The van der Waals surface area contributed by atoms with Gasteiger partial charge < -0.3 is 5.32 Å². The maximum atomic E-state index is 12.9. The summed E-state index contributed by atoms with van der Waals surface area (Å²) >= 11 is 1.25. The number of nitrogens with one attached hydrogen (secondary N) is 2. The minimum atomic E-state index is -3.87. The second-order valence-corrected chi connectivity index (χ2v) is 10.1. The third-order valence-corrected chi connectivity index (χ3v) is 7.40. The number of benzene rings is 1. The number of aryl methyl sites for hydroxylation is 1. The summed E-state index contributed by atoms with van der Waals surface area (Å²) in [6.07, 6.45) is 5.11. The molecule has 2 aromatic heterocycles. The van der Waals surface area contributed by atoms with Crippen LogP contribution >= 0.6 is 11.8 Å². The molecule has 1 amide bonds. The molecule has 9 nitrogen and oxygen atoms in total. The Morgan fingerprint density at radius 3 is 2.44 bits per heavy atom. The third kappa shape index (κ3) is 6.52. The van der Waals surface area contributed by atoms with E-state index in [0.717, 1.165) is 18.5 Å². The highest BCUT2D eigenvalue weighted by atomic mass is 32.2. The van der Waals surface area contributed by atoms with E-state index in [4.69, 9.17) is 0 Å². The number of hydrogen-bond acceptors (Lipinski definition) is 8. The largest absolute Gasteiger partial charge is 0.325 e. The molecular weight excluding hydrogens is 472 g/mol. The standard InChI is InChI=1S/C23H24N6O3S2/c1-3-6-17-8-7-16(15-24)22(28-17)33-20(4-2)21(30)27-18-9-11-19(12-10-18)34(31,32)29-23-25-13-5-14-26-23/h5,7-14,20H,3-4,6H2,1-2H3,(H,27,30)(H,25,26,29). The fourth-order valence-electron chi connectivity index (χ4n) is 2.98. The van der Waals surface area contributed by atoms with Gasteiger partial charge in [-0.25, -0.2) is 28.1 Å². The monoisotopic (exact) mass is 496 g/mol. The number of pyridine rings is 1. The van der Waals surface area contributed by atoms with Gasteiger partial charge in [0.15, 0.2) is 0 Å². The van der Waals surface area contributed by atoms with Gasteiger partial charge in [0.05, 0.1) is 15.7 Å². The predicted molar refractivity (Wildman–Crippen MR) is 131 cm³/mol. The molecule has 0 aliphatic heterocycles. The molecule has 0 radical (unpaired) electrons. The van der Waals surface area contributed by atoms with Crippen LogP contribution in [0.25, 0.3) is 0 Å². The van der Waals surface area contributed by atoms with Crippen LogP contribution in [0.2, 0.25) is 0 Å². The van der Waals surface area contributed by atoms with Crippen LogP contribution < -0.4 is 10.0 Å². The summed E-state index contributed by atoms with van der Waals surface area (Å²) in [4.78, 5) is 25.2. The van der Waals surface area contributed by atoms with Gasteiger partial charge in [0.25, 0.3) is 10.0 Å². The first kappa shape index (κ1) is 25.1. The number of anilines is 2. The van der Waals surface area contributed by atoms with Crippen LogP contribution in [0.4, 0.5) is 11.6 Å². The number of aromatic nitrogens is 3. The van der Waals surface area contributed by atoms with Gasteiger partial charge in [0, 0.05) is 23.8 Å². The van der Waals surface area contributed by atoms with Gasteiger partial charge in [-0.3, -0.25) is 4.79 Å². The Morgan fingerprint density at radius 2 is 1.82 bits per heavy atom. The van der Waals surface area contributed by atoms with E-state index >= 15 is 0 Å². The first-order chi connectivity index (χ1) is 16.4. The van der Waals surface area contributed by atoms with E-state index in [-0.39, 0.29) is 16.8 Å². The minimum absolute atomic E-state index is 0.00923. The van der Waals surface area contributed by atoms with Crippen molar-refractivity contribution in [3.8, 4) is 6.07 Å². The van der Waals surface area contributed by atoms with Crippen molar-refractivity contribution in [2.75, 3.05) is 10.0 Å². The Balaban J connectivity index is 1.70. The molecule has 34 heavy (non-hydrogen) atoms. The highest BCUT2D eigenvalue weighted by molar-refractivity contribution is 8.00. The molecule has 2 N–H and O–H groups in total. The smallest absolute Gasteiger partial charge is 0.264 e. The quantitative estimate of drug-likeness (QED) is 0.402. The molecule has 3 rings (SSSR count). The fourth-order valence-corrected chi connectivity index (χ4v) is 4.95. The molecule has 0 saturated heterocycles. The first-order valence-electron chi connectivity index (χ1n) is 10.6. The minimum Gasteiger partial charge on any atom is -0.325 e. The second kappa shape index (κ2) is 11.6. The zero-order valence-corrected chi connectivity index (χ0v) is 20.4. The summed E-state index contributed by atoms with van der Waals surface area (Å²) in [5.41, 5.74) is 1.76. The van der Waals surface area contributed by atoms with Crippen molar-refractivity contribution >= 4 is 39.3 Å².